The normalized spacial score (nSPS) is 14.0. The van der Waals surface area contributed by atoms with Gasteiger partial charge in [0.1, 0.15) is 0 Å². The van der Waals surface area contributed by atoms with Crippen molar-refractivity contribution in [1.29, 1.82) is 0 Å². The zero-order valence-corrected chi connectivity index (χ0v) is 5.76. The Hall–Kier alpha value is -0.480. The molecule has 0 saturated heterocycles. The summed E-state index contributed by atoms with van der Waals surface area (Å²) in [6.45, 7) is 0. The van der Waals surface area contributed by atoms with Crippen LogP contribution in [0.3, 0.4) is 0 Å². The fourth-order valence-corrected chi connectivity index (χ4v) is 0.513. The quantitative estimate of drug-likeness (QED) is 0.375. The van der Waals surface area contributed by atoms with E-state index in [-0.39, 0.29) is 16.8 Å². The molecule has 0 heterocycles. The Morgan fingerprint density at radius 2 is 1.44 bits per heavy atom. The second-order valence-electron chi connectivity index (χ2n) is 1.13. The molecule has 9 heavy (non-hydrogen) atoms. The van der Waals surface area contributed by atoms with E-state index < -0.39 is 0 Å². The van der Waals surface area contributed by atoms with Crippen LogP contribution in [0.2, 0.25) is 0 Å². The van der Waals surface area contributed by atoms with Crippen molar-refractivity contribution in [3.05, 3.63) is 0 Å². The van der Waals surface area contributed by atoms with Gasteiger partial charge < -0.3 is 10.4 Å². The van der Waals surface area contributed by atoms with Gasteiger partial charge in [-0.1, -0.05) is 33.5 Å². The maximum Gasteiger partial charge on any atom is 0.152 e. The van der Waals surface area contributed by atoms with Gasteiger partial charge in [-0.15, -0.1) is 0 Å². The zero-order valence-electron chi connectivity index (χ0n) is 4.25. The first kappa shape index (κ1) is 8.52. The highest BCUT2D eigenvalue weighted by Crippen LogP contribution is 1.97. The van der Waals surface area contributed by atoms with Gasteiger partial charge in [-0.25, -0.2) is 0 Å². The topological polar surface area (TPSA) is 65.2 Å². The van der Waals surface area contributed by atoms with Gasteiger partial charge in [0.15, 0.2) is 10.3 Å². The summed E-state index contributed by atoms with van der Waals surface area (Å²) in [5.74, 6) is 0. The van der Waals surface area contributed by atoms with E-state index in [1.54, 1.807) is 0 Å². The zero-order chi connectivity index (χ0) is 7.28. The molecule has 0 atom stereocenters. The highest BCUT2D eigenvalue weighted by atomic mass is 35.5. The Morgan fingerprint density at radius 3 is 1.67 bits per heavy atom. The Bertz CT molecular complexity index is 129. The van der Waals surface area contributed by atoms with Crippen molar-refractivity contribution in [2.24, 2.45) is 10.3 Å². The Morgan fingerprint density at radius 1 is 1.11 bits per heavy atom. The minimum absolute atomic E-state index is 0.0594. The Labute approximate surface area is 61.4 Å². The molecule has 0 rings (SSSR count). The minimum atomic E-state index is -0.127. The molecule has 0 aliphatic heterocycles. The van der Waals surface area contributed by atoms with Gasteiger partial charge in [-0.3, -0.25) is 0 Å². The molecule has 0 saturated carbocycles. The second-order valence-corrected chi connectivity index (χ2v) is 2.00. The number of oxime groups is 2. The first-order valence-corrected chi connectivity index (χ1v) is 2.69. The molecule has 0 unspecified atom stereocenters. The highest BCUT2D eigenvalue weighted by Gasteiger charge is 1.99. The van der Waals surface area contributed by atoms with Crippen LogP contribution in [-0.4, -0.2) is 20.8 Å². The van der Waals surface area contributed by atoms with Gasteiger partial charge in [0.05, 0.1) is 6.42 Å². The van der Waals surface area contributed by atoms with E-state index in [1.807, 2.05) is 0 Å². The lowest BCUT2D eigenvalue weighted by molar-refractivity contribution is 0.317. The van der Waals surface area contributed by atoms with Crippen LogP contribution in [0.25, 0.3) is 0 Å². The summed E-state index contributed by atoms with van der Waals surface area (Å²) < 4.78 is 0. The van der Waals surface area contributed by atoms with E-state index in [4.69, 9.17) is 33.6 Å². The number of halogens is 2. The van der Waals surface area contributed by atoms with Crippen LogP contribution in [0.15, 0.2) is 10.3 Å². The number of rotatable bonds is 2. The first-order chi connectivity index (χ1) is 4.20. The molecule has 6 heteroatoms. The second kappa shape index (κ2) is 4.40. The van der Waals surface area contributed by atoms with E-state index in [0.717, 1.165) is 0 Å². The molecule has 0 fully saturated rings. The summed E-state index contributed by atoms with van der Waals surface area (Å²) in [7, 11) is 0. The molecule has 2 N–H and O–H groups in total. The molecular formula is C3H4Cl2N2O2. The summed E-state index contributed by atoms with van der Waals surface area (Å²) in [5, 5.41) is 20.8. The standard InChI is InChI=1S/C3H4Cl2N2O2/c4-2(6-8)1-3(5)7-9/h8-9H,1H2/b6-2-,7-3+. The molecule has 0 amide bonds. The van der Waals surface area contributed by atoms with Crippen molar-refractivity contribution in [3.63, 3.8) is 0 Å². The SMILES string of the molecule is O/N=C(\Cl)C/C(Cl)=N\O. The first-order valence-electron chi connectivity index (χ1n) is 1.93. The highest BCUT2D eigenvalue weighted by molar-refractivity contribution is 6.74. The van der Waals surface area contributed by atoms with E-state index in [1.165, 1.54) is 0 Å². The molecule has 0 bridgehead atoms. The van der Waals surface area contributed by atoms with Gasteiger partial charge in [0, 0.05) is 0 Å². The number of hydrogen-bond acceptors (Lipinski definition) is 4. The molecule has 0 radical (unpaired) electrons. The smallest absolute Gasteiger partial charge is 0.152 e. The Kier molecular flexibility index (Phi) is 4.17. The molecule has 4 nitrogen and oxygen atoms in total. The van der Waals surface area contributed by atoms with Crippen molar-refractivity contribution < 1.29 is 10.4 Å². The lowest BCUT2D eigenvalue weighted by atomic mass is 10.5. The van der Waals surface area contributed by atoms with Crippen molar-refractivity contribution in [1.82, 2.24) is 0 Å². The van der Waals surface area contributed by atoms with Crippen molar-refractivity contribution in [2.45, 2.75) is 6.42 Å². The van der Waals surface area contributed by atoms with Gasteiger partial charge in [-0.2, -0.15) is 0 Å². The van der Waals surface area contributed by atoms with E-state index in [9.17, 15) is 0 Å². The fraction of sp³-hybridized carbons (Fsp3) is 0.333. The fourth-order valence-electron chi connectivity index (χ4n) is 0.191. The number of nitrogens with zero attached hydrogens (tertiary/aromatic N) is 2. The van der Waals surface area contributed by atoms with Crippen molar-refractivity contribution in [3.8, 4) is 0 Å². The van der Waals surface area contributed by atoms with Crippen molar-refractivity contribution in [2.75, 3.05) is 0 Å². The summed E-state index contributed by atoms with van der Waals surface area (Å²) in [6, 6.07) is 0. The molecule has 0 aliphatic carbocycles. The van der Waals surface area contributed by atoms with Crippen molar-refractivity contribution >= 4 is 33.5 Å². The van der Waals surface area contributed by atoms with Gasteiger partial charge in [0.2, 0.25) is 0 Å². The summed E-state index contributed by atoms with van der Waals surface area (Å²) in [6.07, 6.45) is -0.0594. The predicted octanol–water partition coefficient (Wildman–Crippen LogP) is 1.43. The number of hydrogen-bond donors (Lipinski definition) is 2. The molecule has 0 spiro atoms. The van der Waals surface area contributed by atoms with E-state index >= 15 is 0 Å². The van der Waals surface area contributed by atoms with Gasteiger partial charge >= 0.3 is 0 Å². The molecule has 52 valence electrons. The van der Waals surface area contributed by atoms with Gasteiger partial charge in [0.25, 0.3) is 0 Å². The molecule has 0 aliphatic rings. The molecular weight excluding hydrogens is 167 g/mol. The van der Waals surface area contributed by atoms with Crippen LogP contribution in [-0.2, 0) is 0 Å². The lowest BCUT2D eigenvalue weighted by Gasteiger charge is -1.88. The van der Waals surface area contributed by atoms with Crippen LogP contribution < -0.4 is 0 Å². The third-order valence-electron chi connectivity index (χ3n) is 0.509. The molecule has 0 aromatic heterocycles. The van der Waals surface area contributed by atoms with E-state index in [0.29, 0.717) is 0 Å². The maximum absolute atomic E-state index is 7.94. The predicted molar refractivity (Wildman–Crippen MR) is 34.8 cm³/mol. The van der Waals surface area contributed by atoms with Crippen LogP contribution >= 0.6 is 23.2 Å². The third-order valence-corrected chi connectivity index (χ3v) is 0.927. The van der Waals surface area contributed by atoms with E-state index in [2.05, 4.69) is 10.3 Å². The monoisotopic (exact) mass is 170 g/mol. The van der Waals surface area contributed by atoms with Crippen LogP contribution in [0.1, 0.15) is 6.42 Å². The average Bonchev–Trinajstić information content (AvgIpc) is 1.87. The molecule has 0 aromatic carbocycles. The minimum Gasteiger partial charge on any atom is -0.410 e. The summed E-state index contributed by atoms with van der Waals surface area (Å²) >= 11 is 10.3. The molecule has 0 aromatic rings. The van der Waals surface area contributed by atoms with Crippen LogP contribution in [0, 0.1) is 0 Å². The van der Waals surface area contributed by atoms with Crippen LogP contribution in [0.5, 0.6) is 0 Å². The maximum atomic E-state index is 7.94. The van der Waals surface area contributed by atoms with Gasteiger partial charge in [-0.05, 0) is 0 Å². The average molecular weight is 171 g/mol. The van der Waals surface area contributed by atoms with Crippen LogP contribution in [0.4, 0.5) is 0 Å². The Balaban J connectivity index is 3.75. The largest absolute Gasteiger partial charge is 0.410 e. The summed E-state index contributed by atoms with van der Waals surface area (Å²) in [4.78, 5) is 0. The third kappa shape index (κ3) is 4.05. The lowest BCUT2D eigenvalue weighted by Crippen LogP contribution is -1.94. The summed E-state index contributed by atoms with van der Waals surface area (Å²) in [5.41, 5.74) is 0.